The van der Waals surface area contributed by atoms with Crippen LogP contribution in [0.5, 0.6) is 5.75 Å². The SMILES string of the molecule is [2H]C1C=CN(c2cccc3c2ccn3C2CCN(CC3CCN(C(=O)c4ccc(C5CCCN(c6cc(-c7ccccc7O)nnc6N)C5)cc4)CC3)CC2)C([2H])N1. The summed E-state index contributed by atoms with van der Waals surface area (Å²) in [7, 11) is 0. The number of amides is 1. The first-order chi connectivity index (χ1) is 28.3. The van der Waals surface area contributed by atoms with E-state index in [4.69, 9.17) is 8.48 Å². The van der Waals surface area contributed by atoms with E-state index in [1.54, 1.807) is 18.2 Å². The van der Waals surface area contributed by atoms with Crippen LogP contribution < -0.4 is 20.9 Å². The summed E-state index contributed by atoms with van der Waals surface area (Å²) in [6.45, 7) is 5.23. The van der Waals surface area contributed by atoms with Crippen molar-refractivity contribution < 1.29 is 12.6 Å². The van der Waals surface area contributed by atoms with E-state index in [1.165, 1.54) is 11.1 Å². The van der Waals surface area contributed by atoms with Crippen molar-refractivity contribution in [3.05, 3.63) is 108 Å². The Morgan fingerprint density at radius 3 is 2.52 bits per heavy atom. The molecule has 290 valence electrons. The Morgan fingerprint density at radius 2 is 1.71 bits per heavy atom. The number of para-hydroxylation sites is 1. The van der Waals surface area contributed by atoms with Gasteiger partial charge in [0.15, 0.2) is 5.82 Å². The Morgan fingerprint density at radius 1 is 0.893 bits per heavy atom. The molecule has 3 fully saturated rings. The van der Waals surface area contributed by atoms with Gasteiger partial charge in [-0.15, -0.1) is 10.2 Å². The number of phenolic OH excluding ortho intramolecular Hbond substituents is 1. The van der Waals surface area contributed by atoms with E-state index in [2.05, 4.69) is 72.5 Å². The molecular weight excluding hydrogens is 699 g/mol. The number of nitrogens with zero attached hydrogens (tertiary/aromatic N) is 7. The van der Waals surface area contributed by atoms with Gasteiger partial charge in [-0.1, -0.05) is 36.4 Å². The largest absolute Gasteiger partial charge is 0.507 e. The third-order valence-corrected chi connectivity index (χ3v) is 12.4. The van der Waals surface area contributed by atoms with Gasteiger partial charge in [0.25, 0.3) is 5.91 Å². The summed E-state index contributed by atoms with van der Waals surface area (Å²) in [6.07, 6.45) is 12.2. The molecule has 4 aliphatic heterocycles. The average Bonchev–Trinajstić information content (AvgIpc) is 3.69. The molecule has 0 aliphatic carbocycles. The number of nitrogens with one attached hydrogen (secondary N) is 1. The van der Waals surface area contributed by atoms with Crippen LogP contribution in [0.1, 0.15) is 69.1 Å². The number of rotatable bonds is 8. The normalized spacial score (nSPS) is 23.4. The number of phenols is 1. The van der Waals surface area contributed by atoms with Crippen molar-refractivity contribution in [1.82, 2.24) is 29.9 Å². The molecule has 3 unspecified atom stereocenters. The fraction of sp³-hybridized carbons (Fsp3) is 0.400. The Bertz CT molecular complexity index is 2270. The molecule has 56 heavy (non-hydrogen) atoms. The van der Waals surface area contributed by atoms with Crippen molar-refractivity contribution in [2.75, 3.05) is 74.5 Å². The quantitative estimate of drug-likeness (QED) is 0.157. The predicted molar refractivity (Wildman–Crippen MR) is 224 cm³/mol. The molecule has 1 amide bonds. The first kappa shape index (κ1) is 33.9. The van der Waals surface area contributed by atoms with Crippen molar-refractivity contribution in [1.29, 1.82) is 0 Å². The number of nitrogens with two attached hydrogens (primary N) is 1. The highest BCUT2D eigenvalue weighted by Crippen LogP contribution is 2.37. The zero-order valence-electron chi connectivity index (χ0n) is 33.9. The summed E-state index contributed by atoms with van der Waals surface area (Å²) >= 11 is 0. The molecule has 0 spiro atoms. The highest BCUT2D eigenvalue weighted by molar-refractivity contribution is 5.94. The van der Waals surface area contributed by atoms with E-state index in [0.29, 0.717) is 35.0 Å². The third kappa shape index (κ3) is 7.45. The van der Waals surface area contributed by atoms with Gasteiger partial charge in [0, 0.05) is 94.6 Å². The topological polar surface area (TPSA) is 119 Å². The number of piperidine rings is 3. The van der Waals surface area contributed by atoms with Crippen molar-refractivity contribution in [3.8, 4) is 17.0 Å². The van der Waals surface area contributed by atoms with Gasteiger partial charge >= 0.3 is 0 Å². The maximum atomic E-state index is 13.6. The zero-order valence-corrected chi connectivity index (χ0v) is 31.9. The second-order valence-electron chi connectivity index (χ2n) is 15.8. The van der Waals surface area contributed by atoms with Crippen molar-refractivity contribution >= 4 is 34.0 Å². The number of anilines is 3. The average molecular weight is 754 g/mol. The molecule has 0 bridgehead atoms. The van der Waals surface area contributed by atoms with Gasteiger partial charge in [-0.3, -0.25) is 10.1 Å². The van der Waals surface area contributed by atoms with Crippen LogP contribution in [0, 0.1) is 5.92 Å². The summed E-state index contributed by atoms with van der Waals surface area (Å²) in [4.78, 5) is 22.5. The Hall–Kier alpha value is -5.39. The number of fused-ring (bicyclic) bond motifs is 1. The van der Waals surface area contributed by atoms with E-state index in [0.717, 1.165) is 107 Å². The number of benzene rings is 3. The highest BCUT2D eigenvalue weighted by atomic mass is 16.3. The van der Waals surface area contributed by atoms with E-state index in [9.17, 15) is 9.90 Å². The molecule has 4 N–H and O–H groups in total. The van der Waals surface area contributed by atoms with Gasteiger partial charge in [-0.25, -0.2) is 0 Å². The Balaban J connectivity index is 0.757. The van der Waals surface area contributed by atoms with Crippen molar-refractivity contribution in [3.63, 3.8) is 0 Å². The van der Waals surface area contributed by atoms with Crippen molar-refractivity contribution in [2.45, 2.75) is 50.5 Å². The van der Waals surface area contributed by atoms with Gasteiger partial charge in [0.2, 0.25) is 0 Å². The number of nitrogen functional groups attached to an aromatic ring is 1. The van der Waals surface area contributed by atoms with Crippen LogP contribution in [0.25, 0.3) is 22.2 Å². The first-order valence-corrected chi connectivity index (χ1v) is 20.2. The minimum absolute atomic E-state index is 0.122. The molecule has 11 heteroatoms. The number of carbonyl (C=O) groups excluding carboxylic acids is 1. The molecule has 0 radical (unpaired) electrons. The molecule has 2 aromatic heterocycles. The third-order valence-electron chi connectivity index (χ3n) is 12.4. The summed E-state index contributed by atoms with van der Waals surface area (Å²) in [5.74, 6) is 1.55. The fourth-order valence-corrected chi connectivity index (χ4v) is 9.30. The molecule has 4 aliphatic rings. The van der Waals surface area contributed by atoms with Crippen LogP contribution >= 0.6 is 0 Å². The molecule has 0 saturated carbocycles. The van der Waals surface area contributed by atoms with Crippen LogP contribution in [0.15, 0.2) is 97.3 Å². The minimum Gasteiger partial charge on any atom is -0.507 e. The zero-order chi connectivity index (χ0) is 39.8. The lowest BCUT2D eigenvalue weighted by Crippen LogP contribution is -2.43. The van der Waals surface area contributed by atoms with Crippen LogP contribution in [-0.2, 0) is 0 Å². The molecule has 3 aromatic carbocycles. The standard InChI is InChI=1S/C45H53N9O2/c46-44-42(28-39(48-49-44)37-7-1-2-10-43(37)55)52-21-4-6-35(30-52)33-11-13-34(14-12-33)45(56)51-25-15-32(16-26-51)29-50-23-17-36(18-24-50)54-27-19-38-40(8-3-9-41(38)54)53-22-5-20-47-31-53/h1-3,5,7-14,19,22,27-28,32,35-36,47,55H,4,6,15-18,20-21,23-26,29-31H2,(H2,46,49)/i20D,31D. The molecule has 9 rings (SSSR count). The smallest absolute Gasteiger partial charge is 0.253 e. The van der Waals surface area contributed by atoms with E-state index >= 15 is 0 Å². The molecular formula is C45H53N9O2. The molecule has 6 heterocycles. The van der Waals surface area contributed by atoms with Crippen LogP contribution in [0.4, 0.5) is 17.2 Å². The van der Waals surface area contributed by atoms with Crippen LogP contribution in [-0.4, -0.2) is 94.6 Å². The Kier molecular flexibility index (Phi) is 9.68. The highest BCUT2D eigenvalue weighted by Gasteiger charge is 2.29. The maximum absolute atomic E-state index is 13.6. The molecule has 5 aromatic rings. The minimum atomic E-state index is -0.687. The number of hydrogen-bond donors (Lipinski definition) is 3. The summed E-state index contributed by atoms with van der Waals surface area (Å²) in [5, 5.41) is 23.0. The van der Waals surface area contributed by atoms with Gasteiger partial charge < -0.3 is 35.0 Å². The predicted octanol–water partition coefficient (Wildman–Crippen LogP) is 6.84. The number of likely N-dealkylation sites (tertiary alicyclic amines) is 2. The van der Waals surface area contributed by atoms with Gasteiger partial charge in [-0.2, -0.15) is 0 Å². The molecule has 3 saturated heterocycles. The number of aromatic nitrogens is 3. The maximum Gasteiger partial charge on any atom is 0.253 e. The summed E-state index contributed by atoms with van der Waals surface area (Å²) in [6, 6.07) is 26.2. The van der Waals surface area contributed by atoms with Crippen LogP contribution in [0.3, 0.4) is 0 Å². The van der Waals surface area contributed by atoms with Crippen LogP contribution in [0.2, 0.25) is 0 Å². The number of hydrogen-bond acceptors (Lipinski definition) is 9. The van der Waals surface area contributed by atoms with Gasteiger partial charge in [0.05, 0.1) is 30.6 Å². The number of aromatic hydroxyl groups is 1. The van der Waals surface area contributed by atoms with Gasteiger partial charge in [-0.05, 0) is 98.5 Å². The summed E-state index contributed by atoms with van der Waals surface area (Å²) in [5.41, 5.74) is 12.5. The lowest BCUT2D eigenvalue weighted by molar-refractivity contribution is 0.0653. The Labute approximate surface area is 332 Å². The second-order valence-corrected chi connectivity index (χ2v) is 15.8. The fourth-order valence-electron chi connectivity index (χ4n) is 9.30. The second kappa shape index (κ2) is 16.0. The van der Waals surface area contributed by atoms with Crippen molar-refractivity contribution in [2.24, 2.45) is 5.92 Å². The number of carbonyl (C=O) groups is 1. The lowest BCUT2D eigenvalue weighted by atomic mass is 9.89. The molecule has 3 atom stereocenters. The van der Waals surface area contributed by atoms with Gasteiger partial charge in [0.1, 0.15) is 5.75 Å². The monoisotopic (exact) mass is 753 g/mol. The lowest BCUT2D eigenvalue weighted by Gasteiger charge is -2.38. The van der Waals surface area contributed by atoms with E-state index in [1.807, 2.05) is 46.3 Å². The summed E-state index contributed by atoms with van der Waals surface area (Å²) < 4.78 is 18.8. The van der Waals surface area contributed by atoms with E-state index in [-0.39, 0.29) is 11.7 Å². The molecule has 11 nitrogen and oxygen atoms in total. The van der Waals surface area contributed by atoms with E-state index < -0.39 is 13.2 Å². The first-order valence-electron chi connectivity index (χ1n) is 21.4.